The first-order valence-corrected chi connectivity index (χ1v) is 14.2. The average Bonchev–Trinajstić information content (AvgIpc) is 3.00. The van der Waals surface area contributed by atoms with Gasteiger partial charge in [-0.2, -0.15) is 0 Å². The number of aliphatic hydroxyl groups is 1. The van der Waals surface area contributed by atoms with Gasteiger partial charge in [0.05, 0.1) is 36.8 Å². The molecule has 12 heteroatoms. The summed E-state index contributed by atoms with van der Waals surface area (Å²) in [5, 5.41) is 12.2. The third kappa shape index (κ3) is 6.57. The Balaban J connectivity index is 1.50. The van der Waals surface area contributed by atoms with Gasteiger partial charge in [-0.15, -0.1) is 0 Å². The number of ether oxygens (including phenoxy) is 1. The molecule has 5 rings (SSSR count). The van der Waals surface area contributed by atoms with Gasteiger partial charge in [0.15, 0.2) is 17.5 Å². The molecule has 3 N–H and O–H groups in total. The number of halogens is 2. The van der Waals surface area contributed by atoms with E-state index in [-0.39, 0.29) is 6.61 Å². The van der Waals surface area contributed by atoms with Gasteiger partial charge in [-0.3, -0.25) is 4.39 Å². The lowest BCUT2D eigenvalue weighted by atomic mass is 10.1. The van der Waals surface area contributed by atoms with Crippen LogP contribution < -0.4 is 14.9 Å². The maximum atomic E-state index is 15.5. The fourth-order valence-electron chi connectivity index (χ4n) is 4.26. The van der Waals surface area contributed by atoms with E-state index in [0.29, 0.717) is 96.9 Å². The van der Waals surface area contributed by atoms with Gasteiger partial charge in [0.2, 0.25) is 0 Å². The molecule has 0 unspecified atom stereocenters. The van der Waals surface area contributed by atoms with Crippen molar-refractivity contribution in [2.75, 3.05) is 66.8 Å². The lowest BCUT2D eigenvalue weighted by Gasteiger charge is -2.28. The molecule has 3 aromatic heterocycles. The summed E-state index contributed by atoms with van der Waals surface area (Å²) in [6.45, 7) is 2.77. The number of aliphatic hydroxyl groups excluding tert-OH is 1. The smallest absolute Gasteiger partial charge is 0.163 e. The second kappa shape index (κ2) is 13.6. The summed E-state index contributed by atoms with van der Waals surface area (Å²) >= 11 is 1.27. The molecule has 210 valence electrons. The molecule has 1 aliphatic heterocycles. The van der Waals surface area contributed by atoms with Crippen LogP contribution in [0.15, 0.2) is 48.7 Å². The normalized spacial score (nSPS) is 13.5. The fourth-order valence-corrected chi connectivity index (χ4v) is 4.93. The number of aromatic nitrogens is 4. The first-order valence-electron chi connectivity index (χ1n) is 13.2. The second-order valence-corrected chi connectivity index (χ2v) is 10.0. The van der Waals surface area contributed by atoms with Gasteiger partial charge in [-0.05, 0) is 49.2 Å². The summed E-state index contributed by atoms with van der Waals surface area (Å²) in [5.74, 6) is 1.99. The Labute approximate surface area is 235 Å². The number of morpholine rings is 1. The molecule has 1 saturated heterocycles. The van der Waals surface area contributed by atoms with Crippen LogP contribution in [0.3, 0.4) is 0 Å². The predicted molar refractivity (Wildman–Crippen MR) is 156 cm³/mol. The number of pyridine rings is 2. The fraction of sp³-hybridized carbons (Fsp3) is 0.357. The first kappa shape index (κ1) is 27.9. The molecule has 0 amide bonds. The van der Waals surface area contributed by atoms with Crippen LogP contribution in [0.4, 0.5) is 26.1 Å². The molecular weight excluding hydrogens is 536 g/mol. The van der Waals surface area contributed by atoms with Crippen LogP contribution in [0.2, 0.25) is 0 Å². The number of hydrogen-bond acceptors (Lipinski definition) is 10. The third-order valence-electron chi connectivity index (χ3n) is 6.33. The van der Waals surface area contributed by atoms with Gasteiger partial charge in [0.1, 0.15) is 11.3 Å². The highest BCUT2D eigenvalue weighted by Gasteiger charge is 2.21. The van der Waals surface area contributed by atoms with E-state index in [4.69, 9.17) is 24.8 Å². The third-order valence-corrected chi connectivity index (χ3v) is 7.19. The summed E-state index contributed by atoms with van der Waals surface area (Å²) in [7, 11) is 0. The van der Waals surface area contributed by atoms with Crippen molar-refractivity contribution >= 4 is 40.3 Å². The molecule has 40 heavy (non-hydrogen) atoms. The number of hydrogen-bond donors (Lipinski definition) is 3. The number of benzene rings is 1. The average molecular weight is 568 g/mol. The Morgan fingerprint density at radius 3 is 2.67 bits per heavy atom. The number of nitrogens with one attached hydrogen (secondary N) is 2. The van der Waals surface area contributed by atoms with Crippen LogP contribution in [0, 0.1) is 5.82 Å². The highest BCUT2D eigenvalue weighted by atomic mass is 32.2. The van der Waals surface area contributed by atoms with Crippen molar-refractivity contribution in [1.29, 1.82) is 0 Å². The molecule has 0 aliphatic carbocycles. The van der Waals surface area contributed by atoms with Gasteiger partial charge in [-0.1, -0.05) is 18.0 Å². The van der Waals surface area contributed by atoms with Crippen LogP contribution in [-0.4, -0.2) is 76.9 Å². The largest absolute Gasteiger partial charge is 0.396 e. The van der Waals surface area contributed by atoms with Crippen LogP contribution >= 0.6 is 11.9 Å². The molecule has 9 nitrogen and oxygen atoms in total. The van der Waals surface area contributed by atoms with E-state index >= 15 is 4.39 Å². The summed E-state index contributed by atoms with van der Waals surface area (Å²) in [6.07, 6.45) is 2.76. The van der Waals surface area contributed by atoms with E-state index in [1.807, 2.05) is 18.2 Å². The molecule has 4 heterocycles. The highest BCUT2D eigenvalue weighted by Crippen LogP contribution is 2.32. The van der Waals surface area contributed by atoms with Crippen LogP contribution in [0.1, 0.15) is 12.8 Å². The second-order valence-electron chi connectivity index (χ2n) is 9.13. The minimum Gasteiger partial charge on any atom is -0.396 e. The molecule has 0 atom stereocenters. The van der Waals surface area contributed by atoms with Crippen molar-refractivity contribution in [2.24, 2.45) is 0 Å². The topological polar surface area (TPSA) is 108 Å². The molecule has 0 saturated carbocycles. The van der Waals surface area contributed by atoms with Gasteiger partial charge in [0.25, 0.3) is 0 Å². The minimum absolute atomic E-state index is 0.117. The standard InChI is InChI=1S/C28H31F2N7O2S/c29-10-2-17-40-36-22-5-1-4-20(25(22)30)21-7-8-23-26(33-21)28(37-12-15-39-16-13-37)35-27(34-23)19-6-9-24(32-18-19)31-11-3-14-38/h1,4-9,18,36,38H,2-3,10-17H2,(H,31,32). The lowest BCUT2D eigenvalue weighted by molar-refractivity contribution is 0.122. The summed E-state index contributed by atoms with van der Waals surface area (Å²) in [4.78, 5) is 21.1. The quantitative estimate of drug-likeness (QED) is 0.161. The van der Waals surface area contributed by atoms with Crippen LogP contribution in [0.25, 0.3) is 33.7 Å². The minimum atomic E-state index is -0.425. The van der Waals surface area contributed by atoms with Crippen LogP contribution in [0.5, 0.6) is 0 Å². The van der Waals surface area contributed by atoms with Crippen molar-refractivity contribution in [2.45, 2.75) is 12.8 Å². The Morgan fingerprint density at radius 2 is 1.90 bits per heavy atom. The molecule has 1 aromatic carbocycles. The SMILES string of the molecule is OCCCNc1ccc(-c2nc(N3CCOCC3)c3nc(-c4cccc(NSCCCF)c4F)ccc3n2)cn1. The molecule has 0 spiro atoms. The summed E-state index contributed by atoms with van der Waals surface area (Å²) in [6, 6.07) is 12.5. The molecule has 1 aliphatic rings. The van der Waals surface area contributed by atoms with Crippen molar-refractivity contribution in [1.82, 2.24) is 19.9 Å². The molecular formula is C28H31F2N7O2S. The maximum Gasteiger partial charge on any atom is 0.163 e. The molecule has 0 bridgehead atoms. The summed E-state index contributed by atoms with van der Waals surface area (Å²) < 4.78 is 36.4. The number of anilines is 3. The zero-order valence-corrected chi connectivity index (χ0v) is 22.8. The van der Waals surface area contributed by atoms with Crippen molar-refractivity contribution in [3.63, 3.8) is 0 Å². The Bertz CT molecular complexity index is 1420. The van der Waals surface area contributed by atoms with Gasteiger partial charge >= 0.3 is 0 Å². The lowest BCUT2D eigenvalue weighted by Crippen LogP contribution is -2.37. The van der Waals surface area contributed by atoms with E-state index in [1.165, 1.54) is 11.9 Å². The molecule has 1 fully saturated rings. The monoisotopic (exact) mass is 567 g/mol. The van der Waals surface area contributed by atoms with E-state index in [9.17, 15) is 4.39 Å². The van der Waals surface area contributed by atoms with Gasteiger partial charge < -0.3 is 24.8 Å². The molecule has 4 aromatic rings. The maximum absolute atomic E-state index is 15.5. The number of fused-ring (bicyclic) bond motifs is 1. The van der Waals surface area contributed by atoms with Crippen LogP contribution in [-0.2, 0) is 4.74 Å². The Kier molecular flexibility index (Phi) is 9.53. The zero-order chi connectivity index (χ0) is 27.7. The predicted octanol–water partition coefficient (Wildman–Crippen LogP) is 4.94. The Hall–Kier alpha value is -3.61. The van der Waals surface area contributed by atoms with Crippen molar-refractivity contribution in [3.05, 3.63) is 54.5 Å². The summed E-state index contributed by atoms with van der Waals surface area (Å²) in [5.41, 5.74) is 3.11. The van der Waals surface area contributed by atoms with E-state index in [2.05, 4.69) is 19.9 Å². The first-order chi connectivity index (χ1) is 19.7. The molecule has 0 radical (unpaired) electrons. The van der Waals surface area contributed by atoms with E-state index < -0.39 is 12.5 Å². The zero-order valence-electron chi connectivity index (χ0n) is 21.9. The number of rotatable bonds is 12. The van der Waals surface area contributed by atoms with Crippen molar-refractivity contribution < 1.29 is 18.6 Å². The number of nitrogens with zero attached hydrogens (tertiary/aromatic N) is 5. The van der Waals surface area contributed by atoms with Gasteiger partial charge in [0, 0.05) is 49.3 Å². The van der Waals surface area contributed by atoms with Crippen molar-refractivity contribution in [3.8, 4) is 22.6 Å². The Morgan fingerprint density at radius 1 is 1.02 bits per heavy atom. The number of alkyl halides is 1. The highest BCUT2D eigenvalue weighted by molar-refractivity contribution is 8.00. The van der Waals surface area contributed by atoms with E-state index in [1.54, 1.807) is 30.5 Å². The van der Waals surface area contributed by atoms with Gasteiger partial charge in [-0.25, -0.2) is 24.3 Å². The van der Waals surface area contributed by atoms with E-state index in [0.717, 1.165) is 5.56 Å².